The first-order valence-electron chi connectivity index (χ1n) is 9.15. The lowest BCUT2D eigenvalue weighted by Gasteiger charge is -2.35. The molecule has 1 atom stereocenters. The molecule has 1 aliphatic rings. The first-order valence-corrected chi connectivity index (χ1v) is 9.15. The van der Waals surface area contributed by atoms with Gasteiger partial charge in [0.25, 0.3) is 0 Å². The number of hydrogen-bond donors (Lipinski definition) is 1. The summed E-state index contributed by atoms with van der Waals surface area (Å²) >= 11 is 0. The Kier molecular flexibility index (Phi) is 5.24. The maximum atomic E-state index is 12.0. The summed E-state index contributed by atoms with van der Waals surface area (Å²) in [5.41, 5.74) is 1.99. The van der Waals surface area contributed by atoms with Gasteiger partial charge in [-0.1, -0.05) is 26.7 Å². The Labute approximate surface area is 143 Å². The molecule has 2 heterocycles. The van der Waals surface area contributed by atoms with Crippen molar-refractivity contribution in [3.63, 3.8) is 0 Å². The Morgan fingerprint density at radius 3 is 2.88 bits per heavy atom. The molecule has 0 spiro atoms. The van der Waals surface area contributed by atoms with E-state index in [1.54, 1.807) is 12.1 Å². The molecule has 1 aliphatic heterocycles. The van der Waals surface area contributed by atoms with Gasteiger partial charge in [-0.2, -0.15) is 0 Å². The largest absolute Gasteiger partial charge is 0.507 e. The molecule has 130 valence electrons. The van der Waals surface area contributed by atoms with Crippen LogP contribution < -0.4 is 5.63 Å². The van der Waals surface area contributed by atoms with Crippen molar-refractivity contribution in [2.45, 2.75) is 65.0 Å². The summed E-state index contributed by atoms with van der Waals surface area (Å²) in [5.74, 6) is 0.222. The second-order valence-corrected chi connectivity index (χ2v) is 6.81. The topological polar surface area (TPSA) is 53.7 Å². The molecule has 0 amide bonds. The van der Waals surface area contributed by atoms with Crippen LogP contribution in [-0.4, -0.2) is 22.6 Å². The van der Waals surface area contributed by atoms with Crippen molar-refractivity contribution in [2.75, 3.05) is 6.54 Å². The van der Waals surface area contributed by atoms with Crippen molar-refractivity contribution in [2.24, 2.45) is 0 Å². The van der Waals surface area contributed by atoms with E-state index in [2.05, 4.69) is 18.7 Å². The standard InChI is InChI=1S/C20H27NO3/c1-3-7-14-12-19(23)24-20-16(14)9-10-18(22)17(20)13-21-11-6-5-8-15(21)4-2/h9-10,12,15,22H,3-8,11,13H2,1-2H3. The van der Waals surface area contributed by atoms with Crippen LogP contribution in [0.1, 0.15) is 57.1 Å². The summed E-state index contributed by atoms with van der Waals surface area (Å²) in [5, 5.41) is 11.4. The van der Waals surface area contributed by atoms with E-state index in [1.807, 2.05) is 6.07 Å². The van der Waals surface area contributed by atoms with Gasteiger partial charge in [-0.25, -0.2) is 4.79 Å². The number of hydrogen-bond acceptors (Lipinski definition) is 4. The van der Waals surface area contributed by atoms with E-state index in [-0.39, 0.29) is 11.4 Å². The molecule has 0 aliphatic carbocycles. The highest BCUT2D eigenvalue weighted by Crippen LogP contribution is 2.32. The Balaban J connectivity index is 2.06. The minimum Gasteiger partial charge on any atom is -0.507 e. The number of rotatable bonds is 5. The molecule has 4 heteroatoms. The van der Waals surface area contributed by atoms with Crippen molar-refractivity contribution in [3.05, 3.63) is 39.7 Å². The van der Waals surface area contributed by atoms with E-state index >= 15 is 0 Å². The zero-order chi connectivity index (χ0) is 17.1. The number of aromatic hydroxyl groups is 1. The molecule has 2 aromatic rings. The quantitative estimate of drug-likeness (QED) is 0.835. The van der Waals surface area contributed by atoms with Crippen molar-refractivity contribution in [1.29, 1.82) is 0 Å². The van der Waals surface area contributed by atoms with Crippen LogP contribution in [0.25, 0.3) is 11.0 Å². The summed E-state index contributed by atoms with van der Waals surface area (Å²) < 4.78 is 5.53. The van der Waals surface area contributed by atoms with Crippen molar-refractivity contribution in [3.8, 4) is 5.75 Å². The van der Waals surface area contributed by atoms with Crippen LogP contribution in [-0.2, 0) is 13.0 Å². The van der Waals surface area contributed by atoms with Crippen molar-refractivity contribution in [1.82, 2.24) is 4.90 Å². The lowest BCUT2D eigenvalue weighted by atomic mass is 9.97. The van der Waals surface area contributed by atoms with Crippen LogP contribution in [0.5, 0.6) is 5.75 Å². The van der Waals surface area contributed by atoms with Gasteiger partial charge < -0.3 is 9.52 Å². The van der Waals surface area contributed by atoms with E-state index in [0.29, 0.717) is 18.2 Å². The van der Waals surface area contributed by atoms with Crippen molar-refractivity contribution < 1.29 is 9.52 Å². The smallest absolute Gasteiger partial charge is 0.336 e. The maximum Gasteiger partial charge on any atom is 0.336 e. The number of fused-ring (bicyclic) bond motifs is 1. The van der Waals surface area contributed by atoms with E-state index in [9.17, 15) is 9.90 Å². The molecule has 0 bridgehead atoms. The van der Waals surface area contributed by atoms with Gasteiger partial charge in [0, 0.05) is 24.0 Å². The zero-order valence-corrected chi connectivity index (χ0v) is 14.7. The van der Waals surface area contributed by atoms with Crippen LogP contribution in [0.3, 0.4) is 0 Å². The zero-order valence-electron chi connectivity index (χ0n) is 14.7. The number of piperidine rings is 1. The summed E-state index contributed by atoms with van der Waals surface area (Å²) in [6, 6.07) is 5.73. The molecule has 1 saturated heterocycles. The average Bonchev–Trinajstić information content (AvgIpc) is 2.58. The van der Waals surface area contributed by atoms with Crippen LogP contribution in [0.4, 0.5) is 0 Å². The fourth-order valence-corrected chi connectivity index (χ4v) is 3.90. The van der Waals surface area contributed by atoms with Gasteiger partial charge in [0.15, 0.2) is 0 Å². The molecule has 1 fully saturated rings. The highest BCUT2D eigenvalue weighted by atomic mass is 16.4. The molecule has 1 unspecified atom stereocenters. The third kappa shape index (κ3) is 3.34. The monoisotopic (exact) mass is 329 g/mol. The van der Waals surface area contributed by atoms with Crippen molar-refractivity contribution >= 4 is 11.0 Å². The van der Waals surface area contributed by atoms with Crippen LogP contribution in [0.2, 0.25) is 0 Å². The minimum atomic E-state index is -0.330. The number of phenolic OH excluding ortho intramolecular Hbond substituents is 1. The molecule has 1 N–H and O–H groups in total. The highest BCUT2D eigenvalue weighted by Gasteiger charge is 2.23. The molecule has 1 aromatic heterocycles. The van der Waals surface area contributed by atoms with E-state index < -0.39 is 0 Å². The molecule has 0 saturated carbocycles. The highest BCUT2D eigenvalue weighted by molar-refractivity contribution is 5.85. The third-order valence-electron chi connectivity index (χ3n) is 5.18. The summed E-state index contributed by atoms with van der Waals surface area (Å²) in [6.45, 7) is 5.99. The molecule has 1 aromatic carbocycles. The summed E-state index contributed by atoms with van der Waals surface area (Å²) in [6.07, 6.45) is 6.58. The van der Waals surface area contributed by atoms with E-state index in [1.165, 1.54) is 19.3 Å². The number of nitrogens with zero attached hydrogens (tertiary/aromatic N) is 1. The SMILES string of the molecule is CCCc1cc(=O)oc2c(CN3CCCCC3CC)c(O)ccc12. The normalized spacial score (nSPS) is 19.0. The summed E-state index contributed by atoms with van der Waals surface area (Å²) in [4.78, 5) is 14.4. The minimum absolute atomic E-state index is 0.222. The first kappa shape index (κ1) is 17.0. The lowest BCUT2D eigenvalue weighted by molar-refractivity contribution is 0.135. The predicted octanol–water partition coefficient (Wildman–Crippen LogP) is 4.22. The van der Waals surface area contributed by atoms with Gasteiger partial charge in [0.2, 0.25) is 0 Å². The predicted molar refractivity (Wildman–Crippen MR) is 96.5 cm³/mol. The molecule has 24 heavy (non-hydrogen) atoms. The molecule has 3 rings (SSSR count). The van der Waals surface area contributed by atoms with Gasteiger partial charge in [-0.15, -0.1) is 0 Å². The molecular formula is C20H27NO3. The maximum absolute atomic E-state index is 12.0. The van der Waals surface area contributed by atoms with Gasteiger partial charge >= 0.3 is 5.63 Å². The Bertz CT molecular complexity index is 765. The van der Waals surface area contributed by atoms with Gasteiger partial charge in [0.05, 0.1) is 5.56 Å². The Morgan fingerprint density at radius 2 is 2.12 bits per heavy atom. The second-order valence-electron chi connectivity index (χ2n) is 6.81. The van der Waals surface area contributed by atoms with Crippen LogP contribution in [0, 0.1) is 0 Å². The fourth-order valence-electron chi connectivity index (χ4n) is 3.90. The molecule has 0 radical (unpaired) electrons. The Morgan fingerprint density at radius 1 is 1.29 bits per heavy atom. The second kappa shape index (κ2) is 7.39. The summed E-state index contributed by atoms with van der Waals surface area (Å²) in [7, 11) is 0. The number of phenols is 1. The molecule has 4 nitrogen and oxygen atoms in total. The fraction of sp³-hybridized carbons (Fsp3) is 0.550. The molecular weight excluding hydrogens is 302 g/mol. The number of aryl methyl sites for hydroxylation is 1. The lowest BCUT2D eigenvalue weighted by Crippen LogP contribution is -2.38. The number of benzene rings is 1. The van der Waals surface area contributed by atoms with Gasteiger partial charge in [-0.3, -0.25) is 4.90 Å². The van der Waals surface area contributed by atoms with Crippen LogP contribution in [0.15, 0.2) is 27.4 Å². The van der Waals surface area contributed by atoms with Gasteiger partial charge in [-0.05, 0) is 49.9 Å². The number of likely N-dealkylation sites (tertiary alicyclic amines) is 1. The van der Waals surface area contributed by atoms with Gasteiger partial charge in [0.1, 0.15) is 11.3 Å². The first-order chi connectivity index (χ1) is 11.6. The van der Waals surface area contributed by atoms with E-state index in [4.69, 9.17) is 4.42 Å². The Hall–Kier alpha value is -1.81. The van der Waals surface area contributed by atoms with Crippen LogP contribution >= 0.6 is 0 Å². The third-order valence-corrected chi connectivity index (χ3v) is 5.18. The average molecular weight is 329 g/mol. The van der Waals surface area contributed by atoms with E-state index in [0.717, 1.165) is 42.3 Å².